The van der Waals surface area contributed by atoms with Crippen LogP contribution in [0.1, 0.15) is 11.1 Å². The minimum Gasteiger partial charge on any atom is -0.487 e. The number of hydrogen-bond donors (Lipinski definition) is 0. The van der Waals surface area contributed by atoms with Gasteiger partial charge in [0.15, 0.2) is 0 Å². The number of alkyl halides is 1. The summed E-state index contributed by atoms with van der Waals surface area (Å²) in [6.07, 6.45) is 3.45. The van der Waals surface area contributed by atoms with Gasteiger partial charge >= 0.3 is 0 Å². The molecule has 0 radical (unpaired) electrons. The fraction of sp³-hybridized carbons (Fsp3) is 0.154. The molecule has 0 amide bonds. The first kappa shape index (κ1) is 13.5. The van der Waals surface area contributed by atoms with Gasteiger partial charge in [-0.05, 0) is 18.2 Å². The van der Waals surface area contributed by atoms with Crippen LogP contribution in [-0.4, -0.2) is 4.98 Å². The van der Waals surface area contributed by atoms with Crippen LogP contribution in [0, 0.1) is 0 Å². The van der Waals surface area contributed by atoms with Gasteiger partial charge in [0, 0.05) is 28.5 Å². The van der Waals surface area contributed by atoms with E-state index in [1.54, 1.807) is 24.5 Å². The molecule has 0 aliphatic heterocycles. The molecule has 0 aliphatic carbocycles. The number of rotatable bonds is 4. The number of ether oxygens (including phenoxy) is 1. The van der Waals surface area contributed by atoms with E-state index in [0.29, 0.717) is 28.3 Å². The average Bonchev–Trinajstić information content (AvgIpc) is 2.38. The van der Waals surface area contributed by atoms with Crippen LogP contribution in [0.4, 0.5) is 0 Å². The SMILES string of the molecule is ClCc1cc(Cl)cc(Cl)c1OCc1cccnc1. The van der Waals surface area contributed by atoms with E-state index >= 15 is 0 Å². The predicted molar refractivity (Wildman–Crippen MR) is 74.6 cm³/mol. The van der Waals surface area contributed by atoms with Crippen LogP contribution in [0.5, 0.6) is 5.75 Å². The van der Waals surface area contributed by atoms with Gasteiger partial charge < -0.3 is 4.74 Å². The summed E-state index contributed by atoms with van der Waals surface area (Å²) < 4.78 is 5.68. The maximum atomic E-state index is 6.10. The first-order valence-electron chi connectivity index (χ1n) is 5.26. The van der Waals surface area contributed by atoms with Gasteiger partial charge in [-0.3, -0.25) is 4.98 Å². The van der Waals surface area contributed by atoms with Gasteiger partial charge in [0.1, 0.15) is 12.4 Å². The Morgan fingerprint density at radius 1 is 1.22 bits per heavy atom. The second kappa shape index (κ2) is 6.28. The number of hydrogen-bond acceptors (Lipinski definition) is 2. The van der Waals surface area contributed by atoms with Gasteiger partial charge in [0.2, 0.25) is 0 Å². The van der Waals surface area contributed by atoms with Crippen molar-refractivity contribution in [1.29, 1.82) is 0 Å². The first-order chi connectivity index (χ1) is 8.70. The predicted octanol–water partition coefficient (Wildman–Crippen LogP) is 4.71. The van der Waals surface area contributed by atoms with Crippen LogP contribution in [0.3, 0.4) is 0 Å². The number of halogens is 3. The summed E-state index contributed by atoms with van der Waals surface area (Å²) in [6.45, 7) is 0.388. The highest BCUT2D eigenvalue weighted by Gasteiger charge is 2.10. The summed E-state index contributed by atoms with van der Waals surface area (Å²) in [5.74, 6) is 0.864. The molecule has 0 fully saturated rings. The smallest absolute Gasteiger partial charge is 0.142 e. The lowest BCUT2D eigenvalue weighted by molar-refractivity contribution is 0.303. The molecule has 0 spiro atoms. The van der Waals surface area contributed by atoms with E-state index in [1.165, 1.54) is 0 Å². The molecule has 0 saturated carbocycles. The Morgan fingerprint density at radius 2 is 2.06 bits per heavy atom. The fourth-order valence-electron chi connectivity index (χ4n) is 1.51. The molecule has 2 nitrogen and oxygen atoms in total. The Morgan fingerprint density at radius 3 is 2.72 bits per heavy atom. The molecule has 1 heterocycles. The summed E-state index contributed by atoms with van der Waals surface area (Å²) in [4.78, 5) is 4.02. The maximum absolute atomic E-state index is 6.10. The summed E-state index contributed by atoms with van der Waals surface area (Å²) in [5, 5.41) is 1.01. The van der Waals surface area contributed by atoms with E-state index < -0.39 is 0 Å². The number of pyridine rings is 1. The van der Waals surface area contributed by atoms with Crippen LogP contribution in [0.2, 0.25) is 10.0 Å². The molecule has 0 N–H and O–H groups in total. The lowest BCUT2D eigenvalue weighted by atomic mass is 10.2. The van der Waals surface area contributed by atoms with Gasteiger partial charge in [0.05, 0.1) is 10.9 Å². The molecule has 0 atom stereocenters. The van der Waals surface area contributed by atoms with Crippen LogP contribution in [-0.2, 0) is 12.5 Å². The standard InChI is InChI=1S/C13H10Cl3NO/c14-6-10-4-11(15)5-12(16)13(10)18-8-9-2-1-3-17-7-9/h1-5,7H,6,8H2. The molecular weight excluding hydrogens is 293 g/mol. The van der Waals surface area contributed by atoms with Gasteiger partial charge in [-0.1, -0.05) is 29.3 Å². The summed E-state index contributed by atoms with van der Waals surface area (Å²) in [5.41, 5.74) is 1.74. The Balaban J connectivity index is 2.19. The Kier molecular flexibility index (Phi) is 4.70. The van der Waals surface area contributed by atoms with Crippen molar-refractivity contribution in [2.45, 2.75) is 12.5 Å². The van der Waals surface area contributed by atoms with Crippen molar-refractivity contribution in [2.75, 3.05) is 0 Å². The van der Waals surface area contributed by atoms with Gasteiger partial charge in [0.25, 0.3) is 0 Å². The quantitative estimate of drug-likeness (QED) is 0.763. The largest absolute Gasteiger partial charge is 0.487 e. The second-order valence-corrected chi connectivity index (χ2v) is 4.77. The molecular formula is C13H10Cl3NO. The monoisotopic (exact) mass is 301 g/mol. The van der Waals surface area contributed by atoms with Crippen LogP contribution >= 0.6 is 34.8 Å². The van der Waals surface area contributed by atoms with Crippen LogP contribution in [0.25, 0.3) is 0 Å². The van der Waals surface area contributed by atoms with Gasteiger partial charge in [-0.15, -0.1) is 11.6 Å². The van der Waals surface area contributed by atoms with Crippen LogP contribution in [0.15, 0.2) is 36.7 Å². The average molecular weight is 303 g/mol. The van der Waals surface area contributed by atoms with Crippen LogP contribution < -0.4 is 4.74 Å². The molecule has 94 valence electrons. The zero-order valence-electron chi connectivity index (χ0n) is 9.37. The van der Waals surface area contributed by atoms with Crippen molar-refractivity contribution in [1.82, 2.24) is 4.98 Å². The van der Waals surface area contributed by atoms with E-state index in [0.717, 1.165) is 11.1 Å². The Bertz CT molecular complexity index is 531. The summed E-state index contributed by atoms with van der Waals surface area (Å²) in [7, 11) is 0. The highest BCUT2D eigenvalue weighted by atomic mass is 35.5. The Labute approximate surface area is 120 Å². The third-order valence-electron chi connectivity index (χ3n) is 2.34. The minimum absolute atomic E-state index is 0.294. The van der Waals surface area contributed by atoms with E-state index in [-0.39, 0.29) is 0 Å². The van der Waals surface area contributed by atoms with Gasteiger partial charge in [-0.25, -0.2) is 0 Å². The zero-order valence-corrected chi connectivity index (χ0v) is 11.6. The van der Waals surface area contributed by atoms with E-state index in [4.69, 9.17) is 39.5 Å². The number of nitrogens with zero attached hydrogens (tertiary/aromatic N) is 1. The summed E-state index contributed by atoms with van der Waals surface area (Å²) >= 11 is 17.9. The molecule has 1 aromatic carbocycles. The van der Waals surface area contributed by atoms with E-state index in [1.807, 2.05) is 12.1 Å². The molecule has 2 aromatic rings. The fourth-order valence-corrected chi connectivity index (χ4v) is 2.30. The lowest BCUT2D eigenvalue weighted by Gasteiger charge is -2.12. The Hall–Kier alpha value is -0.960. The zero-order chi connectivity index (χ0) is 13.0. The molecule has 18 heavy (non-hydrogen) atoms. The second-order valence-electron chi connectivity index (χ2n) is 3.66. The summed E-state index contributed by atoms with van der Waals surface area (Å²) in [6, 6.07) is 7.17. The van der Waals surface area contributed by atoms with Gasteiger partial charge in [-0.2, -0.15) is 0 Å². The third kappa shape index (κ3) is 3.29. The van der Waals surface area contributed by atoms with Crippen molar-refractivity contribution in [2.24, 2.45) is 0 Å². The highest BCUT2D eigenvalue weighted by Crippen LogP contribution is 2.33. The third-order valence-corrected chi connectivity index (χ3v) is 3.12. The molecule has 0 bridgehead atoms. The van der Waals surface area contributed by atoms with Crippen molar-refractivity contribution in [3.05, 3.63) is 57.8 Å². The molecule has 0 aliphatic rings. The molecule has 0 unspecified atom stereocenters. The normalized spacial score (nSPS) is 10.4. The van der Waals surface area contributed by atoms with Crippen molar-refractivity contribution in [3.8, 4) is 5.75 Å². The van der Waals surface area contributed by atoms with Crippen molar-refractivity contribution >= 4 is 34.8 Å². The lowest BCUT2D eigenvalue weighted by Crippen LogP contribution is -1.99. The van der Waals surface area contributed by atoms with Crippen molar-refractivity contribution in [3.63, 3.8) is 0 Å². The highest BCUT2D eigenvalue weighted by molar-refractivity contribution is 6.35. The first-order valence-corrected chi connectivity index (χ1v) is 6.55. The van der Waals surface area contributed by atoms with E-state index in [2.05, 4.69) is 4.98 Å². The van der Waals surface area contributed by atoms with E-state index in [9.17, 15) is 0 Å². The maximum Gasteiger partial charge on any atom is 0.142 e. The topological polar surface area (TPSA) is 22.1 Å². The number of benzene rings is 1. The van der Waals surface area contributed by atoms with Crippen molar-refractivity contribution < 1.29 is 4.74 Å². The molecule has 2 rings (SSSR count). The number of aromatic nitrogens is 1. The molecule has 5 heteroatoms. The molecule has 0 saturated heterocycles. The molecule has 1 aromatic heterocycles. The minimum atomic E-state index is 0.294.